The van der Waals surface area contributed by atoms with Crippen molar-refractivity contribution >= 4 is 6.09 Å². The number of amides is 1. The quantitative estimate of drug-likeness (QED) is 0.701. The monoisotopic (exact) mass is 387 g/mol. The van der Waals surface area contributed by atoms with Crippen LogP contribution in [0.15, 0.2) is 66.7 Å². The van der Waals surface area contributed by atoms with Gasteiger partial charge in [-0.25, -0.2) is 4.79 Å². The molecule has 0 fully saturated rings. The molecule has 0 spiro atoms. The fourth-order valence-electron chi connectivity index (χ4n) is 4.05. The smallest absolute Gasteiger partial charge is 0.407 e. The zero-order chi connectivity index (χ0) is 19.6. The number of rotatable bonds is 5. The first kappa shape index (κ1) is 17.6. The van der Waals surface area contributed by atoms with Crippen LogP contribution in [-0.2, 0) is 11.2 Å². The van der Waals surface area contributed by atoms with E-state index in [-0.39, 0.29) is 12.7 Å². The Balaban J connectivity index is 1.17. The fraction of sp³-hybridized carbons (Fsp3) is 0.208. The molecule has 0 unspecified atom stereocenters. The second-order valence-electron chi connectivity index (χ2n) is 7.19. The minimum atomic E-state index is -0.396. The number of fused-ring (bicyclic) bond motifs is 4. The molecule has 0 atom stereocenters. The van der Waals surface area contributed by atoms with E-state index in [9.17, 15) is 4.79 Å². The molecule has 5 heteroatoms. The predicted molar refractivity (Wildman–Crippen MR) is 109 cm³/mol. The molecule has 0 radical (unpaired) electrons. The fourth-order valence-corrected chi connectivity index (χ4v) is 4.05. The summed E-state index contributed by atoms with van der Waals surface area (Å²) < 4.78 is 16.3. The maximum atomic E-state index is 12.2. The summed E-state index contributed by atoms with van der Waals surface area (Å²) in [5.74, 6) is 1.59. The molecule has 5 nitrogen and oxygen atoms in total. The van der Waals surface area contributed by atoms with Crippen LogP contribution in [0.1, 0.15) is 22.6 Å². The summed E-state index contributed by atoms with van der Waals surface area (Å²) in [6, 6.07) is 22.4. The van der Waals surface area contributed by atoms with Gasteiger partial charge in [0, 0.05) is 12.5 Å². The van der Waals surface area contributed by atoms with Crippen LogP contribution in [0.2, 0.25) is 0 Å². The Hall–Kier alpha value is -3.47. The third-order valence-electron chi connectivity index (χ3n) is 5.46. The summed E-state index contributed by atoms with van der Waals surface area (Å²) in [6.45, 7) is 1.08. The molecule has 1 heterocycles. The van der Waals surface area contributed by atoms with Gasteiger partial charge in [-0.15, -0.1) is 0 Å². The van der Waals surface area contributed by atoms with Gasteiger partial charge in [-0.2, -0.15) is 0 Å². The first-order valence-electron chi connectivity index (χ1n) is 9.77. The molecule has 0 bridgehead atoms. The molecule has 1 amide bonds. The maximum absolute atomic E-state index is 12.2. The van der Waals surface area contributed by atoms with Crippen LogP contribution in [0.3, 0.4) is 0 Å². The van der Waals surface area contributed by atoms with Gasteiger partial charge in [-0.3, -0.25) is 0 Å². The molecule has 0 aromatic heterocycles. The van der Waals surface area contributed by atoms with E-state index in [1.54, 1.807) is 0 Å². The number of carbonyl (C=O) groups excluding carboxylic acids is 1. The van der Waals surface area contributed by atoms with Gasteiger partial charge < -0.3 is 19.5 Å². The molecule has 146 valence electrons. The summed E-state index contributed by atoms with van der Waals surface area (Å²) >= 11 is 0. The van der Waals surface area contributed by atoms with Crippen molar-refractivity contribution in [2.45, 2.75) is 12.3 Å². The highest BCUT2D eigenvalue weighted by molar-refractivity contribution is 5.79. The largest absolute Gasteiger partial charge is 0.454 e. The molecular formula is C24H21NO4. The van der Waals surface area contributed by atoms with Crippen molar-refractivity contribution in [3.8, 4) is 22.6 Å². The van der Waals surface area contributed by atoms with E-state index in [2.05, 4.69) is 29.6 Å². The summed E-state index contributed by atoms with van der Waals surface area (Å²) in [5, 5.41) is 2.84. The third kappa shape index (κ3) is 3.40. The molecule has 1 N–H and O–H groups in total. The van der Waals surface area contributed by atoms with E-state index in [4.69, 9.17) is 14.2 Å². The Kier molecular flexibility index (Phi) is 4.56. The average molecular weight is 387 g/mol. The van der Waals surface area contributed by atoms with Gasteiger partial charge in [-0.1, -0.05) is 54.6 Å². The Bertz CT molecular complexity index is 1020. The molecule has 0 saturated heterocycles. The number of hydrogen-bond acceptors (Lipinski definition) is 4. The van der Waals surface area contributed by atoms with Gasteiger partial charge in [0.15, 0.2) is 11.5 Å². The van der Waals surface area contributed by atoms with E-state index >= 15 is 0 Å². The van der Waals surface area contributed by atoms with Crippen LogP contribution in [0.25, 0.3) is 11.1 Å². The lowest BCUT2D eigenvalue weighted by atomic mass is 9.98. The Labute approximate surface area is 169 Å². The molecule has 1 aliphatic heterocycles. The predicted octanol–water partition coefficient (Wildman–Crippen LogP) is 4.50. The summed E-state index contributed by atoms with van der Waals surface area (Å²) in [6.07, 6.45) is 0.300. The zero-order valence-electron chi connectivity index (χ0n) is 15.9. The lowest BCUT2D eigenvalue weighted by Crippen LogP contribution is -2.28. The van der Waals surface area contributed by atoms with Gasteiger partial charge in [0.2, 0.25) is 6.79 Å². The van der Waals surface area contributed by atoms with Crippen molar-refractivity contribution in [3.63, 3.8) is 0 Å². The molecule has 2 aliphatic rings. The van der Waals surface area contributed by atoms with E-state index in [0.29, 0.717) is 19.6 Å². The van der Waals surface area contributed by atoms with E-state index in [1.807, 2.05) is 42.5 Å². The first-order valence-corrected chi connectivity index (χ1v) is 9.77. The molecular weight excluding hydrogens is 366 g/mol. The Morgan fingerprint density at radius 3 is 2.38 bits per heavy atom. The molecule has 3 aromatic carbocycles. The Morgan fingerprint density at radius 1 is 0.931 bits per heavy atom. The summed E-state index contributed by atoms with van der Waals surface area (Å²) in [7, 11) is 0. The van der Waals surface area contributed by atoms with Crippen molar-refractivity contribution in [2.24, 2.45) is 0 Å². The van der Waals surface area contributed by atoms with Gasteiger partial charge in [-0.05, 0) is 46.4 Å². The zero-order valence-corrected chi connectivity index (χ0v) is 15.9. The SMILES string of the molecule is O=C(NCCc1ccc2c(c1)OCO2)OCC1c2ccccc2-c2ccccc21. The second kappa shape index (κ2) is 7.51. The minimum absolute atomic E-state index is 0.0713. The number of hydrogen-bond donors (Lipinski definition) is 1. The number of benzene rings is 3. The molecule has 5 rings (SSSR count). The third-order valence-corrected chi connectivity index (χ3v) is 5.46. The minimum Gasteiger partial charge on any atom is -0.454 e. The molecule has 3 aromatic rings. The van der Waals surface area contributed by atoms with Crippen LogP contribution in [-0.4, -0.2) is 26.0 Å². The average Bonchev–Trinajstić information content (AvgIpc) is 3.34. The van der Waals surface area contributed by atoms with Crippen LogP contribution in [0.5, 0.6) is 11.5 Å². The first-order chi connectivity index (χ1) is 14.3. The lowest BCUT2D eigenvalue weighted by Gasteiger charge is -2.14. The van der Waals surface area contributed by atoms with Crippen molar-refractivity contribution in [3.05, 3.63) is 83.4 Å². The number of carbonyl (C=O) groups is 1. The van der Waals surface area contributed by atoms with E-state index < -0.39 is 6.09 Å². The Morgan fingerprint density at radius 2 is 1.62 bits per heavy atom. The number of alkyl carbamates (subject to hydrolysis) is 1. The summed E-state index contributed by atoms with van der Waals surface area (Å²) in [5.41, 5.74) is 5.94. The second-order valence-corrected chi connectivity index (χ2v) is 7.19. The summed E-state index contributed by atoms with van der Waals surface area (Å²) in [4.78, 5) is 12.2. The van der Waals surface area contributed by atoms with Crippen LogP contribution in [0, 0.1) is 0 Å². The topological polar surface area (TPSA) is 56.8 Å². The van der Waals surface area contributed by atoms with Crippen LogP contribution < -0.4 is 14.8 Å². The normalized spacial score (nSPS) is 13.7. The van der Waals surface area contributed by atoms with Crippen molar-refractivity contribution in [1.82, 2.24) is 5.32 Å². The lowest BCUT2D eigenvalue weighted by molar-refractivity contribution is 0.143. The van der Waals surface area contributed by atoms with Crippen molar-refractivity contribution in [1.29, 1.82) is 0 Å². The maximum Gasteiger partial charge on any atom is 0.407 e. The number of ether oxygens (including phenoxy) is 3. The number of nitrogens with one attached hydrogen (secondary N) is 1. The highest BCUT2D eigenvalue weighted by Gasteiger charge is 2.28. The van der Waals surface area contributed by atoms with Crippen LogP contribution in [0.4, 0.5) is 4.79 Å². The van der Waals surface area contributed by atoms with Gasteiger partial charge in [0.05, 0.1) is 0 Å². The standard InChI is InChI=1S/C24H21NO4/c26-24(25-12-11-16-9-10-22-23(13-16)29-15-28-22)27-14-21-19-7-3-1-5-17(19)18-6-2-4-8-20(18)21/h1-10,13,21H,11-12,14-15H2,(H,25,26). The van der Waals surface area contributed by atoms with Crippen molar-refractivity contribution in [2.75, 3.05) is 19.9 Å². The highest BCUT2D eigenvalue weighted by atomic mass is 16.7. The molecule has 0 saturated carbocycles. The highest BCUT2D eigenvalue weighted by Crippen LogP contribution is 2.44. The van der Waals surface area contributed by atoms with Gasteiger partial charge in [0.1, 0.15) is 6.61 Å². The van der Waals surface area contributed by atoms with Gasteiger partial charge in [0.25, 0.3) is 0 Å². The van der Waals surface area contributed by atoms with E-state index in [1.165, 1.54) is 22.3 Å². The molecule has 29 heavy (non-hydrogen) atoms. The van der Waals surface area contributed by atoms with Gasteiger partial charge >= 0.3 is 6.09 Å². The van der Waals surface area contributed by atoms with E-state index in [0.717, 1.165) is 17.1 Å². The molecule has 1 aliphatic carbocycles. The van der Waals surface area contributed by atoms with Crippen LogP contribution >= 0.6 is 0 Å². The van der Waals surface area contributed by atoms with Crippen molar-refractivity contribution < 1.29 is 19.0 Å².